The second-order valence-corrected chi connectivity index (χ2v) is 11.2. The molecule has 4 heterocycles. The number of anilines is 1. The maximum Gasteiger partial charge on any atom is 0.312 e. The number of aliphatic hydroxyl groups excluding tert-OH is 1. The zero-order valence-electron chi connectivity index (χ0n) is 22.8. The topological polar surface area (TPSA) is 106 Å². The summed E-state index contributed by atoms with van der Waals surface area (Å²) in [5.41, 5.74) is -0.717. The van der Waals surface area contributed by atoms with Gasteiger partial charge in [0.25, 0.3) is 5.91 Å². The summed E-state index contributed by atoms with van der Waals surface area (Å²) >= 11 is 0. The lowest BCUT2D eigenvalue weighted by Gasteiger charge is -2.39. The van der Waals surface area contributed by atoms with Gasteiger partial charge in [-0.3, -0.25) is 14.4 Å². The van der Waals surface area contributed by atoms with Crippen molar-refractivity contribution in [1.29, 1.82) is 0 Å². The number of nitrogens with zero attached hydrogens (tertiary/aromatic N) is 2. The number of carbonyl (C=O) groups is 3. The molecule has 39 heavy (non-hydrogen) atoms. The number of cyclic esters (lactones) is 1. The number of amides is 2. The number of fused-ring (bicyclic) bond motifs is 2. The Morgan fingerprint density at radius 1 is 1.10 bits per heavy atom. The Morgan fingerprint density at radius 2 is 1.87 bits per heavy atom. The van der Waals surface area contributed by atoms with Gasteiger partial charge in [-0.25, -0.2) is 0 Å². The van der Waals surface area contributed by atoms with Crippen molar-refractivity contribution in [1.82, 2.24) is 4.90 Å². The van der Waals surface area contributed by atoms with Crippen molar-refractivity contribution in [3.05, 3.63) is 48.6 Å². The van der Waals surface area contributed by atoms with Crippen LogP contribution in [0.15, 0.2) is 48.6 Å². The number of ether oxygens (including phenoxy) is 3. The molecule has 9 nitrogen and oxygen atoms in total. The predicted octanol–water partition coefficient (Wildman–Crippen LogP) is 2.87. The number of allylic oxidation sites excluding steroid dienone is 1. The van der Waals surface area contributed by atoms with E-state index in [1.807, 2.05) is 32.1 Å². The molecule has 1 aromatic carbocycles. The van der Waals surface area contributed by atoms with E-state index >= 15 is 0 Å². The summed E-state index contributed by atoms with van der Waals surface area (Å²) in [6, 6.07) is 5.51. The first kappa shape index (κ1) is 27.4. The molecule has 1 unspecified atom stereocenters. The van der Waals surface area contributed by atoms with E-state index in [1.54, 1.807) is 42.4 Å². The minimum absolute atomic E-state index is 0.163. The maximum absolute atomic E-state index is 14.5. The number of benzene rings is 1. The lowest BCUT2D eigenvalue weighted by molar-refractivity contribution is -0.155. The molecule has 9 heteroatoms. The van der Waals surface area contributed by atoms with Crippen LogP contribution in [0.25, 0.3) is 0 Å². The van der Waals surface area contributed by atoms with Gasteiger partial charge in [0, 0.05) is 12.2 Å². The highest BCUT2D eigenvalue weighted by molar-refractivity contribution is 6.05. The first-order valence-corrected chi connectivity index (χ1v) is 13.9. The van der Waals surface area contributed by atoms with Crippen LogP contribution in [-0.4, -0.2) is 78.4 Å². The van der Waals surface area contributed by atoms with E-state index in [4.69, 9.17) is 14.2 Å². The molecule has 0 saturated carbocycles. The van der Waals surface area contributed by atoms with E-state index in [9.17, 15) is 19.5 Å². The molecule has 4 aliphatic rings. The fourth-order valence-electron chi connectivity index (χ4n) is 6.56. The SMILES string of the molecule is COc1ccc(N2CC=C[C@]34O[C@H]5/C=C\CCCCOC(=O)[C@H]5[C@H]3C(=O)N([C@@H](CO)CC(C)C)C4C2=O)cc1. The Kier molecular flexibility index (Phi) is 7.82. The third kappa shape index (κ3) is 4.76. The molecule has 4 aliphatic heterocycles. The monoisotopic (exact) mass is 538 g/mol. The Hall–Kier alpha value is -3.17. The van der Waals surface area contributed by atoms with Crippen molar-refractivity contribution >= 4 is 23.5 Å². The molecule has 0 bridgehead atoms. The van der Waals surface area contributed by atoms with Crippen molar-refractivity contribution in [2.24, 2.45) is 17.8 Å². The standard InChI is InChI=1S/C30H38N2O7/c1-19(2)17-21(18-33)32-26-28(35)31(20-10-12-22(37-3)13-11-20)15-8-14-30(26)25(27(32)34)24-23(39-30)9-6-4-5-7-16-38-29(24)36/h6,8-14,19,21,23-26,33H,4-5,7,15-18H2,1-3H3/b9-6-/t21-,23+,24-,25+,26?,30+/m1/s1. The van der Waals surface area contributed by atoms with Crippen molar-refractivity contribution in [2.45, 2.75) is 63.3 Å². The molecule has 210 valence electrons. The number of hydrogen-bond donors (Lipinski definition) is 1. The Labute approximate surface area is 229 Å². The molecule has 2 amide bonds. The third-order valence-corrected chi connectivity index (χ3v) is 8.27. The number of carbonyl (C=O) groups excluding carboxylic acids is 3. The number of methoxy groups -OCH3 is 1. The van der Waals surface area contributed by atoms with E-state index in [-0.39, 0.29) is 37.5 Å². The number of hydrogen-bond acceptors (Lipinski definition) is 7. The molecule has 0 aliphatic carbocycles. The Bertz CT molecular complexity index is 1150. The zero-order valence-corrected chi connectivity index (χ0v) is 22.8. The maximum atomic E-state index is 14.5. The molecule has 1 spiro atoms. The average Bonchev–Trinajstić information content (AvgIpc) is 3.32. The Balaban J connectivity index is 1.62. The van der Waals surface area contributed by atoms with E-state index in [1.165, 1.54) is 4.90 Å². The van der Waals surface area contributed by atoms with Gasteiger partial charge in [0.05, 0.1) is 38.4 Å². The molecule has 0 aromatic heterocycles. The van der Waals surface area contributed by atoms with Crippen LogP contribution in [0.4, 0.5) is 5.69 Å². The fourth-order valence-corrected chi connectivity index (χ4v) is 6.56. The van der Waals surface area contributed by atoms with Crippen LogP contribution < -0.4 is 9.64 Å². The summed E-state index contributed by atoms with van der Waals surface area (Å²) in [4.78, 5) is 45.4. The summed E-state index contributed by atoms with van der Waals surface area (Å²) < 4.78 is 17.6. The van der Waals surface area contributed by atoms with Gasteiger partial charge in [0.15, 0.2) is 0 Å². The number of aliphatic hydroxyl groups is 1. The third-order valence-electron chi connectivity index (χ3n) is 8.27. The molecular formula is C30H38N2O7. The molecule has 5 rings (SSSR count). The average molecular weight is 539 g/mol. The molecule has 2 saturated heterocycles. The quantitative estimate of drug-likeness (QED) is 0.439. The Morgan fingerprint density at radius 3 is 2.56 bits per heavy atom. The highest BCUT2D eigenvalue weighted by Gasteiger charge is 2.72. The fraction of sp³-hybridized carbons (Fsp3) is 0.567. The van der Waals surface area contributed by atoms with E-state index in [0.29, 0.717) is 17.9 Å². The van der Waals surface area contributed by atoms with Crippen molar-refractivity contribution in [3.8, 4) is 5.75 Å². The number of esters is 1. The minimum atomic E-state index is -1.37. The van der Waals surface area contributed by atoms with Crippen molar-refractivity contribution in [2.75, 3.05) is 31.8 Å². The summed E-state index contributed by atoms with van der Waals surface area (Å²) in [7, 11) is 1.58. The molecule has 2 fully saturated rings. The van der Waals surface area contributed by atoms with Crippen LogP contribution in [0.2, 0.25) is 0 Å². The largest absolute Gasteiger partial charge is 0.497 e. The first-order chi connectivity index (χ1) is 18.8. The molecule has 1 aromatic rings. The highest BCUT2D eigenvalue weighted by Crippen LogP contribution is 2.54. The molecule has 6 atom stereocenters. The van der Waals surface area contributed by atoms with Gasteiger partial charge in [-0.1, -0.05) is 38.2 Å². The van der Waals surface area contributed by atoms with Crippen LogP contribution in [0.3, 0.4) is 0 Å². The normalized spacial score (nSPS) is 32.3. The summed E-state index contributed by atoms with van der Waals surface area (Å²) in [5.74, 6) is -2.16. The number of rotatable bonds is 6. The van der Waals surface area contributed by atoms with Gasteiger partial charge in [0.1, 0.15) is 23.3 Å². The lowest BCUT2D eigenvalue weighted by Crippen LogP contribution is -2.58. The molecule has 1 N–H and O–H groups in total. The van der Waals surface area contributed by atoms with E-state index in [0.717, 1.165) is 19.3 Å². The molecular weight excluding hydrogens is 500 g/mol. The second-order valence-electron chi connectivity index (χ2n) is 11.2. The van der Waals surface area contributed by atoms with Crippen molar-refractivity contribution < 1.29 is 33.7 Å². The molecule has 0 radical (unpaired) electrons. The van der Waals surface area contributed by atoms with Gasteiger partial charge in [-0.15, -0.1) is 0 Å². The van der Waals surface area contributed by atoms with Gasteiger partial charge in [-0.05, 0) is 55.9 Å². The smallest absolute Gasteiger partial charge is 0.312 e. The van der Waals surface area contributed by atoms with E-state index in [2.05, 4.69) is 0 Å². The van der Waals surface area contributed by atoms with Gasteiger partial charge >= 0.3 is 5.97 Å². The van der Waals surface area contributed by atoms with Gasteiger partial charge in [-0.2, -0.15) is 0 Å². The predicted molar refractivity (Wildman–Crippen MR) is 144 cm³/mol. The number of likely N-dealkylation sites (tertiary alicyclic amines) is 1. The van der Waals surface area contributed by atoms with Crippen LogP contribution in [0.5, 0.6) is 5.75 Å². The van der Waals surface area contributed by atoms with E-state index < -0.39 is 41.6 Å². The van der Waals surface area contributed by atoms with Crippen LogP contribution >= 0.6 is 0 Å². The summed E-state index contributed by atoms with van der Waals surface area (Å²) in [6.07, 6.45) is 9.72. The van der Waals surface area contributed by atoms with Gasteiger partial charge in [0.2, 0.25) is 5.91 Å². The van der Waals surface area contributed by atoms with Crippen LogP contribution in [0.1, 0.15) is 39.5 Å². The van der Waals surface area contributed by atoms with Crippen LogP contribution in [-0.2, 0) is 23.9 Å². The van der Waals surface area contributed by atoms with Crippen molar-refractivity contribution in [3.63, 3.8) is 0 Å². The zero-order chi connectivity index (χ0) is 27.7. The van der Waals surface area contributed by atoms with Gasteiger partial charge < -0.3 is 29.1 Å². The minimum Gasteiger partial charge on any atom is -0.497 e. The first-order valence-electron chi connectivity index (χ1n) is 13.9. The second kappa shape index (κ2) is 11.1. The summed E-state index contributed by atoms with van der Waals surface area (Å²) in [5, 5.41) is 10.4. The highest BCUT2D eigenvalue weighted by atomic mass is 16.6. The van der Waals surface area contributed by atoms with Crippen LogP contribution in [0, 0.1) is 17.8 Å². The lowest BCUT2D eigenvalue weighted by atomic mass is 9.78. The summed E-state index contributed by atoms with van der Waals surface area (Å²) in [6.45, 7) is 4.26.